The summed E-state index contributed by atoms with van der Waals surface area (Å²) in [6.45, 7) is 0.190. The number of alkyl carbamates (subject to hydrolysis) is 1. The Morgan fingerprint density at radius 3 is 2.70 bits per heavy atom. The number of hydrogen-bond acceptors (Lipinski definition) is 3. The third-order valence-electron chi connectivity index (χ3n) is 3.33. The van der Waals surface area contributed by atoms with E-state index in [0.29, 0.717) is 12.8 Å². The second kappa shape index (κ2) is 8.07. The Bertz CT molecular complexity index is 419. The van der Waals surface area contributed by atoms with Crippen molar-refractivity contribution in [2.45, 2.75) is 44.1 Å². The highest BCUT2D eigenvalue weighted by Gasteiger charge is 2.30. The van der Waals surface area contributed by atoms with E-state index in [2.05, 4.69) is 5.32 Å². The van der Waals surface area contributed by atoms with Gasteiger partial charge in [-0.05, 0) is 24.8 Å². The molecule has 20 heavy (non-hydrogen) atoms. The zero-order valence-corrected chi connectivity index (χ0v) is 11.9. The van der Waals surface area contributed by atoms with Crippen molar-refractivity contribution >= 4 is 18.5 Å². The number of halogens is 2. The van der Waals surface area contributed by atoms with Crippen molar-refractivity contribution in [2.24, 2.45) is 5.73 Å². The summed E-state index contributed by atoms with van der Waals surface area (Å²) in [6, 6.07) is 8.78. The van der Waals surface area contributed by atoms with Gasteiger partial charge in [0.1, 0.15) is 12.8 Å². The molecule has 4 nitrogen and oxygen atoms in total. The molecule has 1 aliphatic rings. The first kappa shape index (κ1) is 16.7. The molecule has 0 bridgehead atoms. The van der Waals surface area contributed by atoms with Gasteiger partial charge in [-0.3, -0.25) is 0 Å². The molecule has 3 atom stereocenters. The molecule has 0 aromatic heterocycles. The predicted molar refractivity (Wildman–Crippen MR) is 77.5 cm³/mol. The Balaban J connectivity index is 0.00000200. The summed E-state index contributed by atoms with van der Waals surface area (Å²) in [4.78, 5) is 11.6. The number of benzene rings is 1. The van der Waals surface area contributed by atoms with Crippen LogP contribution in [0.25, 0.3) is 0 Å². The first-order chi connectivity index (χ1) is 9.15. The predicted octanol–water partition coefficient (Wildman–Crippen LogP) is 2.55. The lowest BCUT2D eigenvalue weighted by Crippen LogP contribution is -2.47. The smallest absolute Gasteiger partial charge is 0.407 e. The Labute approximate surface area is 124 Å². The molecule has 112 valence electrons. The summed E-state index contributed by atoms with van der Waals surface area (Å²) in [5, 5.41) is 2.57. The van der Waals surface area contributed by atoms with Crippen LogP contribution in [0, 0.1) is 0 Å². The van der Waals surface area contributed by atoms with Crippen molar-refractivity contribution < 1.29 is 13.9 Å². The van der Waals surface area contributed by atoms with Crippen molar-refractivity contribution in [1.29, 1.82) is 0 Å². The van der Waals surface area contributed by atoms with E-state index in [9.17, 15) is 9.18 Å². The van der Waals surface area contributed by atoms with Gasteiger partial charge in [0.05, 0.1) is 6.04 Å². The molecule has 3 N–H and O–H groups in total. The van der Waals surface area contributed by atoms with Gasteiger partial charge in [-0.25, -0.2) is 9.18 Å². The van der Waals surface area contributed by atoms with Gasteiger partial charge < -0.3 is 15.8 Å². The van der Waals surface area contributed by atoms with Crippen LogP contribution < -0.4 is 11.1 Å². The molecule has 0 aliphatic heterocycles. The van der Waals surface area contributed by atoms with E-state index in [0.717, 1.165) is 12.0 Å². The Morgan fingerprint density at radius 2 is 2.05 bits per heavy atom. The van der Waals surface area contributed by atoms with Gasteiger partial charge in [0.15, 0.2) is 0 Å². The summed E-state index contributed by atoms with van der Waals surface area (Å²) in [6.07, 6.45) is -0.0869. The molecule has 1 fully saturated rings. The van der Waals surface area contributed by atoms with Gasteiger partial charge in [-0.15, -0.1) is 12.4 Å². The number of hydrogen-bond donors (Lipinski definition) is 2. The SMILES string of the molecule is Cl.N[C@H]1CC[C@H](NC(=O)OCc2ccccc2)[C@@H](F)C1. The normalized spacial score (nSPS) is 25.4. The van der Waals surface area contributed by atoms with Crippen LogP contribution in [0.1, 0.15) is 24.8 Å². The van der Waals surface area contributed by atoms with Gasteiger partial charge in [-0.2, -0.15) is 0 Å². The molecular formula is C14H20ClFN2O2. The topological polar surface area (TPSA) is 64.3 Å². The standard InChI is InChI=1S/C14H19FN2O2.ClH/c15-12-8-11(16)6-7-13(12)17-14(18)19-9-10-4-2-1-3-5-10;/h1-5,11-13H,6-9,16H2,(H,17,18);1H/t11-,12-,13-;/m0./s1. The van der Waals surface area contributed by atoms with E-state index in [1.807, 2.05) is 30.3 Å². The molecule has 6 heteroatoms. The Kier molecular flexibility index (Phi) is 6.75. The zero-order chi connectivity index (χ0) is 13.7. The van der Waals surface area contributed by atoms with Crippen LogP contribution in [-0.4, -0.2) is 24.3 Å². The van der Waals surface area contributed by atoms with Crippen LogP contribution in [0.15, 0.2) is 30.3 Å². The van der Waals surface area contributed by atoms with E-state index in [1.54, 1.807) is 0 Å². The minimum absolute atomic E-state index is 0. The molecule has 2 rings (SSSR count). The van der Waals surface area contributed by atoms with Gasteiger partial charge in [-0.1, -0.05) is 30.3 Å². The number of nitrogens with one attached hydrogen (secondary N) is 1. The van der Waals surface area contributed by atoms with Crippen molar-refractivity contribution in [3.05, 3.63) is 35.9 Å². The van der Waals surface area contributed by atoms with Crippen molar-refractivity contribution in [1.82, 2.24) is 5.32 Å². The lowest BCUT2D eigenvalue weighted by Gasteiger charge is -2.29. The summed E-state index contributed by atoms with van der Waals surface area (Å²) >= 11 is 0. The van der Waals surface area contributed by atoms with Gasteiger partial charge in [0.2, 0.25) is 0 Å². The van der Waals surface area contributed by atoms with Crippen LogP contribution in [0.5, 0.6) is 0 Å². The lowest BCUT2D eigenvalue weighted by molar-refractivity contribution is 0.116. The maximum Gasteiger partial charge on any atom is 0.407 e. The van der Waals surface area contributed by atoms with Crippen molar-refractivity contribution in [3.63, 3.8) is 0 Å². The zero-order valence-electron chi connectivity index (χ0n) is 11.1. The second-order valence-corrected chi connectivity index (χ2v) is 4.90. The molecular weight excluding hydrogens is 283 g/mol. The minimum Gasteiger partial charge on any atom is -0.445 e. The van der Waals surface area contributed by atoms with Gasteiger partial charge in [0, 0.05) is 6.04 Å². The van der Waals surface area contributed by atoms with E-state index < -0.39 is 18.3 Å². The fourth-order valence-corrected chi connectivity index (χ4v) is 2.22. The summed E-state index contributed by atoms with van der Waals surface area (Å²) in [5.74, 6) is 0. The molecule has 0 radical (unpaired) electrons. The largest absolute Gasteiger partial charge is 0.445 e. The number of carbonyl (C=O) groups is 1. The fraction of sp³-hybridized carbons (Fsp3) is 0.500. The first-order valence-corrected chi connectivity index (χ1v) is 6.52. The number of rotatable bonds is 3. The maximum atomic E-state index is 13.7. The molecule has 1 aliphatic carbocycles. The summed E-state index contributed by atoms with van der Waals surface area (Å²) < 4.78 is 18.7. The number of nitrogens with two attached hydrogens (primary N) is 1. The quantitative estimate of drug-likeness (QED) is 0.902. The molecule has 1 saturated carbocycles. The van der Waals surface area contributed by atoms with Crippen LogP contribution in [-0.2, 0) is 11.3 Å². The van der Waals surface area contributed by atoms with E-state index in [-0.39, 0.29) is 25.1 Å². The monoisotopic (exact) mass is 302 g/mol. The van der Waals surface area contributed by atoms with Crippen LogP contribution >= 0.6 is 12.4 Å². The highest BCUT2D eigenvalue weighted by Crippen LogP contribution is 2.20. The summed E-state index contributed by atoms with van der Waals surface area (Å²) in [5.41, 5.74) is 6.57. The third-order valence-corrected chi connectivity index (χ3v) is 3.33. The fourth-order valence-electron chi connectivity index (χ4n) is 2.22. The highest BCUT2D eigenvalue weighted by atomic mass is 35.5. The van der Waals surface area contributed by atoms with E-state index >= 15 is 0 Å². The average molecular weight is 303 g/mol. The second-order valence-electron chi connectivity index (χ2n) is 4.90. The number of carbonyl (C=O) groups excluding carboxylic acids is 1. The van der Waals surface area contributed by atoms with Crippen LogP contribution in [0.4, 0.5) is 9.18 Å². The molecule has 1 amide bonds. The van der Waals surface area contributed by atoms with E-state index in [4.69, 9.17) is 10.5 Å². The number of ether oxygens (including phenoxy) is 1. The molecule has 1 aromatic rings. The van der Waals surface area contributed by atoms with E-state index in [1.165, 1.54) is 0 Å². The number of alkyl halides is 1. The van der Waals surface area contributed by atoms with Crippen LogP contribution in [0.3, 0.4) is 0 Å². The first-order valence-electron chi connectivity index (χ1n) is 6.52. The lowest BCUT2D eigenvalue weighted by atomic mass is 9.90. The minimum atomic E-state index is -1.09. The van der Waals surface area contributed by atoms with Crippen molar-refractivity contribution in [3.8, 4) is 0 Å². The molecule has 1 aromatic carbocycles. The molecule has 0 heterocycles. The van der Waals surface area contributed by atoms with Gasteiger partial charge >= 0.3 is 6.09 Å². The maximum absolute atomic E-state index is 13.7. The molecule has 0 saturated heterocycles. The van der Waals surface area contributed by atoms with Crippen LogP contribution in [0.2, 0.25) is 0 Å². The van der Waals surface area contributed by atoms with Crippen molar-refractivity contribution in [2.75, 3.05) is 0 Å². The summed E-state index contributed by atoms with van der Waals surface area (Å²) in [7, 11) is 0. The molecule has 0 spiro atoms. The third kappa shape index (κ3) is 4.98. The number of amides is 1. The Hall–Kier alpha value is -1.33. The van der Waals surface area contributed by atoms with Gasteiger partial charge in [0.25, 0.3) is 0 Å². The highest BCUT2D eigenvalue weighted by molar-refractivity contribution is 5.85. The molecule has 0 unspecified atom stereocenters. The Morgan fingerprint density at radius 1 is 1.35 bits per heavy atom. The average Bonchev–Trinajstić information content (AvgIpc) is 2.41.